The Labute approximate surface area is 183 Å². The van der Waals surface area contributed by atoms with E-state index in [2.05, 4.69) is 15.3 Å². The Morgan fingerprint density at radius 1 is 1.26 bits per heavy atom. The number of amides is 1. The number of imidazole rings is 1. The van der Waals surface area contributed by atoms with Gasteiger partial charge in [-0.05, 0) is 38.3 Å². The zero-order valence-electron chi connectivity index (χ0n) is 17.5. The molecule has 1 aromatic carbocycles. The lowest BCUT2D eigenvalue weighted by Crippen LogP contribution is -2.31. The van der Waals surface area contributed by atoms with Crippen LogP contribution in [-0.4, -0.2) is 25.4 Å². The van der Waals surface area contributed by atoms with Crippen molar-refractivity contribution in [1.29, 1.82) is 0 Å². The number of rotatable bonds is 5. The summed E-state index contributed by atoms with van der Waals surface area (Å²) in [5.41, 5.74) is 2.12. The SMILES string of the molecule is Cc1nc(C2CC2)nc2sc(C(=O)NC(c3ccccc3F)c3nccn3C)c(C)c12. The van der Waals surface area contributed by atoms with E-state index in [9.17, 15) is 9.18 Å². The highest BCUT2D eigenvalue weighted by Gasteiger charge is 2.30. The number of carbonyl (C=O) groups is 1. The van der Waals surface area contributed by atoms with Gasteiger partial charge in [-0.2, -0.15) is 0 Å². The summed E-state index contributed by atoms with van der Waals surface area (Å²) in [7, 11) is 1.82. The van der Waals surface area contributed by atoms with Gasteiger partial charge >= 0.3 is 0 Å². The molecular formula is C23H22FN5OS. The number of hydrogen-bond acceptors (Lipinski definition) is 5. The second-order valence-corrected chi connectivity index (χ2v) is 9.00. The molecule has 1 saturated carbocycles. The lowest BCUT2D eigenvalue weighted by Gasteiger charge is -2.19. The third-order valence-corrected chi connectivity index (χ3v) is 6.93. The fourth-order valence-electron chi connectivity index (χ4n) is 3.94. The van der Waals surface area contributed by atoms with Crippen LogP contribution in [0.2, 0.25) is 0 Å². The van der Waals surface area contributed by atoms with Crippen molar-refractivity contribution in [2.45, 2.75) is 38.6 Å². The molecule has 0 spiro atoms. The molecule has 1 fully saturated rings. The van der Waals surface area contributed by atoms with Crippen LogP contribution in [0.15, 0.2) is 36.7 Å². The highest BCUT2D eigenvalue weighted by molar-refractivity contribution is 7.20. The molecule has 1 atom stereocenters. The Morgan fingerprint density at radius 2 is 2.03 bits per heavy atom. The van der Waals surface area contributed by atoms with Crippen LogP contribution in [0.25, 0.3) is 10.2 Å². The second-order valence-electron chi connectivity index (χ2n) is 8.00. The van der Waals surface area contributed by atoms with Gasteiger partial charge in [0.1, 0.15) is 28.3 Å². The molecule has 3 aromatic heterocycles. The molecule has 31 heavy (non-hydrogen) atoms. The summed E-state index contributed by atoms with van der Waals surface area (Å²) in [4.78, 5) is 28.5. The van der Waals surface area contributed by atoms with Gasteiger partial charge in [-0.3, -0.25) is 4.79 Å². The smallest absolute Gasteiger partial charge is 0.262 e. The fourth-order valence-corrected chi connectivity index (χ4v) is 5.09. The van der Waals surface area contributed by atoms with E-state index in [-0.39, 0.29) is 11.7 Å². The number of fused-ring (bicyclic) bond motifs is 1. The topological polar surface area (TPSA) is 72.7 Å². The number of halogens is 1. The summed E-state index contributed by atoms with van der Waals surface area (Å²) in [6.45, 7) is 3.88. The van der Waals surface area contributed by atoms with Crippen molar-refractivity contribution in [3.63, 3.8) is 0 Å². The van der Waals surface area contributed by atoms with Crippen LogP contribution in [0.1, 0.15) is 62.9 Å². The number of hydrogen-bond donors (Lipinski definition) is 1. The predicted molar refractivity (Wildman–Crippen MR) is 118 cm³/mol. The normalized spacial score (nSPS) is 14.7. The van der Waals surface area contributed by atoms with Crippen LogP contribution in [0.4, 0.5) is 4.39 Å². The van der Waals surface area contributed by atoms with Gasteiger partial charge in [0.2, 0.25) is 0 Å². The minimum absolute atomic E-state index is 0.274. The van der Waals surface area contributed by atoms with Gasteiger partial charge in [0.05, 0.1) is 10.6 Å². The number of aryl methyl sites for hydroxylation is 3. The standard InChI is InChI=1S/C23H22FN5OS/c1-12-17-13(2)26-20(14-8-9-14)28-23(17)31-19(12)22(30)27-18(21-25-10-11-29(21)3)15-6-4-5-7-16(15)24/h4-7,10-11,14,18H,8-9H2,1-3H3,(H,27,30). The maximum absolute atomic E-state index is 14.6. The monoisotopic (exact) mass is 435 g/mol. The van der Waals surface area contributed by atoms with Gasteiger partial charge < -0.3 is 9.88 Å². The molecule has 158 valence electrons. The molecule has 5 rings (SSSR count). The average Bonchev–Trinajstić information content (AvgIpc) is 3.42. The highest BCUT2D eigenvalue weighted by Crippen LogP contribution is 2.40. The van der Waals surface area contributed by atoms with Crippen LogP contribution >= 0.6 is 11.3 Å². The highest BCUT2D eigenvalue weighted by atomic mass is 32.1. The Morgan fingerprint density at radius 3 is 2.71 bits per heavy atom. The van der Waals surface area contributed by atoms with E-state index >= 15 is 0 Å². The minimum atomic E-state index is -0.715. The van der Waals surface area contributed by atoms with Crippen molar-refractivity contribution >= 4 is 27.5 Å². The van der Waals surface area contributed by atoms with Gasteiger partial charge in [-0.25, -0.2) is 19.3 Å². The van der Waals surface area contributed by atoms with Crippen LogP contribution < -0.4 is 5.32 Å². The summed E-state index contributed by atoms with van der Waals surface area (Å²) in [6.07, 6.45) is 5.66. The predicted octanol–water partition coefficient (Wildman–Crippen LogP) is 4.58. The van der Waals surface area contributed by atoms with Crippen LogP contribution in [0.5, 0.6) is 0 Å². The summed E-state index contributed by atoms with van der Waals surface area (Å²) in [6, 6.07) is 5.73. The zero-order valence-corrected chi connectivity index (χ0v) is 18.3. The first kappa shape index (κ1) is 19.8. The van der Waals surface area contributed by atoms with Crippen molar-refractivity contribution in [3.05, 3.63) is 75.8 Å². The number of nitrogens with zero attached hydrogens (tertiary/aromatic N) is 4. The molecule has 1 aliphatic rings. The van der Waals surface area contributed by atoms with Gasteiger partial charge in [0, 0.05) is 36.3 Å². The molecule has 3 heterocycles. The van der Waals surface area contributed by atoms with Crippen LogP contribution in [0.3, 0.4) is 0 Å². The lowest BCUT2D eigenvalue weighted by molar-refractivity contribution is 0.0944. The molecule has 0 aliphatic heterocycles. The zero-order chi connectivity index (χ0) is 21.7. The number of thiophene rings is 1. The molecule has 8 heteroatoms. The molecule has 1 amide bonds. The summed E-state index contributed by atoms with van der Waals surface area (Å²) < 4.78 is 16.4. The quantitative estimate of drug-likeness (QED) is 0.498. The van der Waals surface area contributed by atoms with E-state index in [4.69, 9.17) is 4.98 Å². The largest absolute Gasteiger partial charge is 0.337 e. The number of aromatic nitrogens is 4. The first-order valence-corrected chi connectivity index (χ1v) is 11.1. The third kappa shape index (κ3) is 3.50. The van der Waals surface area contributed by atoms with E-state index in [0.29, 0.717) is 22.2 Å². The lowest BCUT2D eigenvalue weighted by atomic mass is 10.0. The molecule has 1 N–H and O–H groups in total. The van der Waals surface area contributed by atoms with Crippen molar-refractivity contribution in [2.75, 3.05) is 0 Å². The Bertz CT molecular complexity index is 1310. The maximum atomic E-state index is 14.6. The van der Waals surface area contributed by atoms with E-state index in [1.165, 1.54) is 17.4 Å². The van der Waals surface area contributed by atoms with Gasteiger partial charge in [0.25, 0.3) is 5.91 Å². The summed E-state index contributed by atoms with van der Waals surface area (Å²) >= 11 is 1.36. The summed E-state index contributed by atoms with van der Waals surface area (Å²) in [5.74, 6) is 1.21. The summed E-state index contributed by atoms with van der Waals surface area (Å²) in [5, 5.41) is 3.93. The Hall–Kier alpha value is -3.13. The molecule has 0 radical (unpaired) electrons. The number of carbonyl (C=O) groups excluding carboxylic acids is 1. The molecule has 0 bridgehead atoms. The Kier molecular flexibility index (Phi) is 4.81. The van der Waals surface area contributed by atoms with Crippen molar-refractivity contribution < 1.29 is 9.18 Å². The molecule has 1 unspecified atom stereocenters. The third-order valence-electron chi connectivity index (χ3n) is 5.75. The van der Waals surface area contributed by atoms with E-state index in [1.54, 1.807) is 35.2 Å². The van der Waals surface area contributed by atoms with E-state index < -0.39 is 6.04 Å². The van der Waals surface area contributed by atoms with Crippen LogP contribution in [0, 0.1) is 19.7 Å². The molecule has 4 aromatic rings. The van der Waals surface area contributed by atoms with E-state index in [0.717, 1.165) is 40.1 Å². The minimum Gasteiger partial charge on any atom is -0.337 e. The maximum Gasteiger partial charge on any atom is 0.262 e. The van der Waals surface area contributed by atoms with E-state index in [1.807, 2.05) is 20.9 Å². The fraction of sp³-hybridized carbons (Fsp3) is 0.304. The average molecular weight is 436 g/mol. The van der Waals surface area contributed by atoms with Crippen molar-refractivity contribution in [2.24, 2.45) is 7.05 Å². The van der Waals surface area contributed by atoms with Gasteiger partial charge in [-0.1, -0.05) is 18.2 Å². The number of nitrogens with one attached hydrogen (secondary N) is 1. The van der Waals surface area contributed by atoms with Gasteiger partial charge in [-0.15, -0.1) is 11.3 Å². The molecule has 0 saturated heterocycles. The number of benzene rings is 1. The first-order valence-electron chi connectivity index (χ1n) is 10.2. The van der Waals surface area contributed by atoms with Crippen molar-refractivity contribution in [3.8, 4) is 0 Å². The van der Waals surface area contributed by atoms with Crippen LogP contribution in [-0.2, 0) is 7.05 Å². The molecular weight excluding hydrogens is 413 g/mol. The van der Waals surface area contributed by atoms with Gasteiger partial charge in [0.15, 0.2) is 0 Å². The second kappa shape index (κ2) is 7.53. The first-order chi connectivity index (χ1) is 14.9. The van der Waals surface area contributed by atoms with Crippen molar-refractivity contribution in [1.82, 2.24) is 24.8 Å². The molecule has 1 aliphatic carbocycles. The molecule has 6 nitrogen and oxygen atoms in total. The Balaban J connectivity index is 1.55.